The van der Waals surface area contributed by atoms with Gasteiger partial charge in [-0.15, -0.1) is 4.91 Å². The highest BCUT2D eigenvalue weighted by Crippen LogP contribution is 2.29. The normalized spacial score (nSPS) is 12.7. The molecule has 0 N–H and O–H groups in total. The summed E-state index contributed by atoms with van der Waals surface area (Å²) in [5, 5.41) is 2.76. The van der Waals surface area contributed by atoms with Crippen molar-refractivity contribution >= 4 is 17.3 Å². The number of amides is 1. The van der Waals surface area contributed by atoms with Gasteiger partial charge in [0.05, 0.1) is 5.56 Å². The Morgan fingerprint density at radius 1 is 1.17 bits per heavy atom. The van der Waals surface area contributed by atoms with Crippen LogP contribution in [0.1, 0.15) is 36.2 Å². The number of benzene rings is 2. The molecular weight excluding hydrogens is 295 g/mol. The Bertz CT molecular complexity index is 716. The van der Waals surface area contributed by atoms with Crippen molar-refractivity contribution < 1.29 is 9.18 Å². The van der Waals surface area contributed by atoms with Gasteiger partial charge in [-0.25, -0.2) is 4.39 Å². The van der Waals surface area contributed by atoms with E-state index >= 15 is 0 Å². The van der Waals surface area contributed by atoms with Gasteiger partial charge >= 0.3 is 0 Å². The van der Waals surface area contributed by atoms with Gasteiger partial charge in [-0.2, -0.15) is 0 Å². The quantitative estimate of drug-likeness (QED) is 0.744. The number of nitroso groups, excluding NO2 is 1. The third-order valence-electron chi connectivity index (χ3n) is 3.64. The first-order valence-electron chi connectivity index (χ1n) is 7.73. The molecule has 5 heteroatoms. The number of halogens is 1. The monoisotopic (exact) mass is 314 g/mol. The molecule has 0 atom stereocenters. The maximum absolute atomic E-state index is 13.9. The van der Waals surface area contributed by atoms with Crippen LogP contribution >= 0.6 is 0 Å². The summed E-state index contributed by atoms with van der Waals surface area (Å²) in [6.45, 7) is 4.54. The number of rotatable bonds is 2. The smallest absolute Gasteiger partial charge is 0.261 e. The largest absolute Gasteiger partial charge is 0.308 e. The van der Waals surface area contributed by atoms with Gasteiger partial charge in [-0.05, 0) is 47.8 Å². The van der Waals surface area contributed by atoms with Gasteiger partial charge in [0.15, 0.2) is 0 Å². The summed E-state index contributed by atoms with van der Waals surface area (Å²) < 4.78 is 13.9. The topological polar surface area (TPSA) is 49.7 Å². The number of nitrogens with zero attached hydrogens (tertiary/aromatic N) is 2. The van der Waals surface area contributed by atoms with Crippen LogP contribution in [-0.4, -0.2) is 12.5 Å². The van der Waals surface area contributed by atoms with Crippen LogP contribution in [0.2, 0.25) is 0 Å². The minimum Gasteiger partial charge on any atom is -0.308 e. The van der Waals surface area contributed by atoms with Crippen LogP contribution in [0.15, 0.2) is 47.6 Å². The van der Waals surface area contributed by atoms with Gasteiger partial charge in [-0.1, -0.05) is 32.0 Å². The fourth-order valence-corrected chi connectivity index (χ4v) is 2.62. The summed E-state index contributed by atoms with van der Waals surface area (Å²) in [6, 6.07) is 11.1. The number of hydrogen-bond donors (Lipinski definition) is 0. The van der Waals surface area contributed by atoms with Gasteiger partial charge in [0.1, 0.15) is 11.5 Å². The Morgan fingerprint density at radius 3 is 2.65 bits per heavy atom. The summed E-state index contributed by atoms with van der Waals surface area (Å²) in [5.74, 6) is -1.08. The van der Waals surface area contributed by atoms with E-state index in [-0.39, 0.29) is 11.3 Å². The molecule has 0 unspecified atom stereocenters. The van der Waals surface area contributed by atoms with Crippen molar-refractivity contribution in [2.45, 2.75) is 26.7 Å². The number of para-hydroxylation sites is 1. The number of carbonyl (C=O) groups excluding carboxylic acids is 1. The van der Waals surface area contributed by atoms with Crippen LogP contribution in [-0.2, 0) is 6.42 Å². The van der Waals surface area contributed by atoms with Crippen molar-refractivity contribution in [3.63, 3.8) is 0 Å². The SMILES string of the molecule is CC.O=Nc1ccc(F)c(C(=O)N2CCCc3ccccc32)c1. The van der Waals surface area contributed by atoms with Crippen molar-refractivity contribution in [1.29, 1.82) is 0 Å². The second-order valence-electron chi connectivity index (χ2n) is 4.94. The van der Waals surface area contributed by atoms with Crippen LogP contribution < -0.4 is 4.90 Å². The molecule has 1 aliphatic rings. The molecule has 0 saturated carbocycles. The van der Waals surface area contributed by atoms with E-state index in [9.17, 15) is 14.1 Å². The standard InChI is InChI=1S/C16H13FN2O2.C2H6/c17-14-8-7-12(18-21)10-13(14)16(20)19-9-3-5-11-4-1-2-6-15(11)19;1-2/h1-2,4,6-8,10H,3,5,9H2;1-2H3. The van der Waals surface area contributed by atoms with Crippen LogP contribution in [0.3, 0.4) is 0 Å². The Hall–Kier alpha value is -2.56. The fraction of sp³-hybridized carbons (Fsp3) is 0.278. The lowest BCUT2D eigenvalue weighted by atomic mass is 10.0. The molecule has 23 heavy (non-hydrogen) atoms. The van der Waals surface area contributed by atoms with Crippen molar-refractivity contribution in [1.82, 2.24) is 0 Å². The fourth-order valence-electron chi connectivity index (χ4n) is 2.62. The molecule has 2 aromatic carbocycles. The highest BCUT2D eigenvalue weighted by molar-refractivity contribution is 6.07. The zero-order valence-electron chi connectivity index (χ0n) is 13.3. The molecular formula is C18H19FN2O2. The van der Waals surface area contributed by atoms with E-state index in [2.05, 4.69) is 5.18 Å². The lowest BCUT2D eigenvalue weighted by Gasteiger charge is -2.29. The van der Waals surface area contributed by atoms with E-state index in [4.69, 9.17) is 0 Å². The summed E-state index contributed by atoms with van der Waals surface area (Å²) in [6.07, 6.45) is 1.73. The van der Waals surface area contributed by atoms with Crippen molar-refractivity contribution in [2.75, 3.05) is 11.4 Å². The third-order valence-corrected chi connectivity index (χ3v) is 3.64. The van der Waals surface area contributed by atoms with E-state index in [1.165, 1.54) is 12.1 Å². The number of anilines is 1. The van der Waals surface area contributed by atoms with Gasteiger partial charge in [0, 0.05) is 12.2 Å². The molecule has 1 aliphatic heterocycles. The highest BCUT2D eigenvalue weighted by Gasteiger charge is 2.25. The van der Waals surface area contributed by atoms with Crippen molar-refractivity contribution in [3.8, 4) is 0 Å². The third kappa shape index (κ3) is 3.44. The molecule has 4 nitrogen and oxygen atoms in total. The number of fused-ring (bicyclic) bond motifs is 1. The summed E-state index contributed by atoms with van der Waals surface area (Å²) in [7, 11) is 0. The lowest BCUT2D eigenvalue weighted by Crippen LogP contribution is -2.35. The summed E-state index contributed by atoms with van der Waals surface area (Å²) in [4.78, 5) is 24.7. The molecule has 1 amide bonds. The second-order valence-corrected chi connectivity index (χ2v) is 4.94. The zero-order valence-corrected chi connectivity index (χ0v) is 13.3. The minimum atomic E-state index is -0.643. The van der Waals surface area contributed by atoms with Gasteiger partial charge in [0.25, 0.3) is 5.91 Å². The molecule has 0 fully saturated rings. The minimum absolute atomic E-state index is 0.0463. The number of aryl methyl sites for hydroxylation is 1. The number of carbonyl (C=O) groups is 1. The van der Waals surface area contributed by atoms with Gasteiger partial charge < -0.3 is 4.90 Å². The molecule has 0 radical (unpaired) electrons. The zero-order chi connectivity index (χ0) is 16.8. The van der Waals surface area contributed by atoms with Gasteiger partial charge in [0.2, 0.25) is 0 Å². The van der Waals surface area contributed by atoms with E-state index in [1.807, 2.05) is 38.1 Å². The van der Waals surface area contributed by atoms with Crippen molar-refractivity contribution in [3.05, 3.63) is 64.3 Å². The highest BCUT2D eigenvalue weighted by atomic mass is 19.1. The average molecular weight is 314 g/mol. The average Bonchev–Trinajstić information content (AvgIpc) is 2.63. The molecule has 120 valence electrons. The molecule has 0 bridgehead atoms. The van der Waals surface area contributed by atoms with Crippen LogP contribution in [0.25, 0.3) is 0 Å². The van der Waals surface area contributed by atoms with Crippen LogP contribution in [0.5, 0.6) is 0 Å². The maximum Gasteiger partial charge on any atom is 0.261 e. The van der Waals surface area contributed by atoms with Crippen molar-refractivity contribution in [2.24, 2.45) is 5.18 Å². The Labute approximate surface area is 134 Å². The van der Waals surface area contributed by atoms with E-state index in [1.54, 1.807) is 4.90 Å². The molecule has 0 saturated heterocycles. The first-order chi connectivity index (χ1) is 11.2. The second kappa shape index (κ2) is 7.63. The lowest BCUT2D eigenvalue weighted by molar-refractivity contribution is 0.0981. The Kier molecular flexibility index (Phi) is 5.57. The molecule has 2 aromatic rings. The summed E-state index contributed by atoms with van der Waals surface area (Å²) in [5.41, 5.74) is 1.80. The molecule has 1 heterocycles. The maximum atomic E-state index is 13.9. The Morgan fingerprint density at radius 2 is 1.91 bits per heavy atom. The molecule has 3 rings (SSSR count). The molecule has 0 aromatic heterocycles. The summed E-state index contributed by atoms with van der Waals surface area (Å²) >= 11 is 0. The number of hydrogen-bond acceptors (Lipinski definition) is 3. The first-order valence-corrected chi connectivity index (χ1v) is 7.73. The first kappa shape index (κ1) is 16.8. The van der Waals surface area contributed by atoms with Crippen LogP contribution in [0, 0.1) is 10.7 Å². The predicted molar refractivity (Wildman–Crippen MR) is 89.6 cm³/mol. The Balaban J connectivity index is 0.000000924. The van der Waals surface area contributed by atoms with E-state index in [0.29, 0.717) is 6.54 Å². The van der Waals surface area contributed by atoms with Gasteiger partial charge in [-0.3, -0.25) is 4.79 Å². The van der Waals surface area contributed by atoms with E-state index in [0.717, 1.165) is 30.2 Å². The molecule has 0 spiro atoms. The molecule has 0 aliphatic carbocycles. The van der Waals surface area contributed by atoms with E-state index < -0.39 is 11.7 Å². The predicted octanol–water partition coefficient (Wildman–Crippen LogP) is 4.84. The van der Waals surface area contributed by atoms with Crippen LogP contribution in [0.4, 0.5) is 15.8 Å².